The Balaban J connectivity index is 1.48. The molecule has 0 aliphatic heterocycles. The first-order chi connectivity index (χ1) is 15.4. The lowest BCUT2D eigenvalue weighted by Crippen LogP contribution is -2.14. The highest BCUT2D eigenvalue weighted by molar-refractivity contribution is 7.99. The van der Waals surface area contributed by atoms with Gasteiger partial charge in [-0.25, -0.2) is 4.79 Å². The fourth-order valence-electron chi connectivity index (χ4n) is 3.02. The van der Waals surface area contributed by atoms with Crippen molar-refractivity contribution in [2.75, 3.05) is 11.1 Å². The predicted molar refractivity (Wildman–Crippen MR) is 123 cm³/mol. The molecule has 0 unspecified atom stereocenters. The second kappa shape index (κ2) is 9.29. The molecule has 2 aromatic heterocycles. The van der Waals surface area contributed by atoms with Gasteiger partial charge in [-0.1, -0.05) is 29.4 Å². The van der Waals surface area contributed by atoms with E-state index in [1.54, 1.807) is 24.3 Å². The van der Waals surface area contributed by atoms with Gasteiger partial charge in [0, 0.05) is 22.6 Å². The summed E-state index contributed by atoms with van der Waals surface area (Å²) in [6, 6.07) is 13.1. The maximum absolute atomic E-state index is 12.3. The minimum absolute atomic E-state index is 0.0890. The number of benzene rings is 2. The van der Waals surface area contributed by atoms with Crippen molar-refractivity contribution < 1.29 is 19.1 Å². The third-order valence-electron chi connectivity index (χ3n) is 4.48. The molecule has 2 N–H and O–H groups in total. The number of carboxylic acids is 1. The van der Waals surface area contributed by atoms with Gasteiger partial charge in [-0.2, -0.15) is 0 Å². The van der Waals surface area contributed by atoms with Crippen LogP contribution in [0.25, 0.3) is 22.6 Å². The lowest BCUT2D eigenvalue weighted by Gasteiger charge is -2.07. The molecule has 0 atom stereocenters. The lowest BCUT2D eigenvalue weighted by molar-refractivity contribution is -0.113. The third-order valence-corrected chi connectivity index (χ3v) is 5.68. The number of amides is 1. The number of furan rings is 1. The van der Waals surface area contributed by atoms with Crippen LogP contribution in [0.3, 0.4) is 0 Å². The smallest absolute Gasteiger partial charge is 0.335 e. The average molecular weight is 469 g/mol. The Morgan fingerprint density at radius 2 is 1.97 bits per heavy atom. The molecule has 2 heterocycles. The molecule has 2 aromatic carbocycles. The Labute approximate surface area is 191 Å². The van der Waals surface area contributed by atoms with Gasteiger partial charge in [0.15, 0.2) is 10.9 Å². The zero-order valence-corrected chi connectivity index (χ0v) is 18.2. The van der Waals surface area contributed by atoms with E-state index in [-0.39, 0.29) is 17.2 Å². The van der Waals surface area contributed by atoms with Gasteiger partial charge in [0.05, 0.1) is 11.3 Å². The third kappa shape index (κ3) is 4.68. The largest absolute Gasteiger partial charge is 0.478 e. The summed E-state index contributed by atoms with van der Waals surface area (Å²) >= 11 is 7.27. The molecule has 10 heteroatoms. The number of thioether (sulfide) groups is 1. The number of nitrogens with one attached hydrogen (secondary N) is 1. The molecule has 0 aliphatic rings. The summed E-state index contributed by atoms with van der Waals surface area (Å²) in [5.41, 5.74) is 1.34. The molecule has 162 valence electrons. The Bertz CT molecular complexity index is 1310. The van der Waals surface area contributed by atoms with E-state index in [0.29, 0.717) is 39.6 Å². The maximum atomic E-state index is 12.3. The van der Waals surface area contributed by atoms with Crippen LogP contribution in [0.15, 0.2) is 70.8 Å². The van der Waals surface area contributed by atoms with Crippen LogP contribution in [0.1, 0.15) is 10.4 Å². The Morgan fingerprint density at radius 1 is 1.19 bits per heavy atom. The molecule has 8 nitrogen and oxygen atoms in total. The van der Waals surface area contributed by atoms with Crippen molar-refractivity contribution in [2.24, 2.45) is 0 Å². The molecule has 1 amide bonds. The number of fused-ring (bicyclic) bond motifs is 1. The fraction of sp³-hybridized carbons (Fsp3) is 0.0909. The van der Waals surface area contributed by atoms with Gasteiger partial charge in [0.25, 0.3) is 0 Å². The summed E-state index contributed by atoms with van der Waals surface area (Å²) in [4.78, 5) is 23.3. The molecule has 0 bridgehead atoms. The first kappa shape index (κ1) is 21.7. The summed E-state index contributed by atoms with van der Waals surface area (Å²) in [6.45, 7) is 4.21. The Hall–Kier alpha value is -3.56. The second-order valence-electron chi connectivity index (χ2n) is 6.72. The van der Waals surface area contributed by atoms with Crippen LogP contribution in [-0.4, -0.2) is 37.5 Å². The molecule has 0 spiro atoms. The van der Waals surface area contributed by atoms with Crippen molar-refractivity contribution in [1.29, 1.82) is 0 Å². The first-order valence-electron chi connectivity index (χ1n) is 9.44. The molecule has 0 radical (unpaired) electrons. The standard InChI is InChI=1S/C22H17ClN4O4S/c1-2-9-27-20(18-11-14-10-15(23)5-8-17(14)31-18)25-26-22(27)32-12-19(28)24-16-6-3-13(4-7-16)21(29)30/h2-8,10-11H,1,9,12H2,(H,24,28)(H,29,30). The van der Waals surface area contributed by atoms with Crippen LogP contribution in [-0.2, 0) is 11.3 Å². The van der Waals surface area contributed by atoms with E-state index >= 15 is 0 Å². The zero-order valence-electron chi connectivity index (χ0n) is 16.6. The number of carbonyl (C=O) groups is 2. The summed E-state index contributed by atoms with van der Waals surface area (Å²) in [5, 5.41) is 22.1. The van der Waals surface area contributed by atoms with Gasteiger partial charge in [0.2, 0.25) is 11.7 Å². The molecule has 0 saturated carbocycles. The van der Waals surface area contributed by atoms with Crippen LogP contribution in [0.2, 0.25) is 5.02 Å². The van der Waals surface area contributed by atoms with Crippen LogP contribution < -0.4 is 5.32 Å². The van der Waals surface area contributed by atoms with Crippen molar-refractivity contribution >= 4 is 51.9 Å². The quantitative estimate of drug-likeness (QED) is 0.278. The second-order valence-corrected chi connectivity index (χ2v) is 8.10. The normalized spacial score (nSPS) is 10.9. The van der Waals surface area contributed by atoms with E-state index in [1.165, 1.54) is 36.0 Å². The number of allylic oxidation sites excluding steroid dienone is 1. The number of nitrogens with zero attached hydrogens (tertiary/aromatic N) is 3. The van der Waals surface area contributed by atoms with E-state index in [2.05, 4.69) is 22.1 Å². The molecule has 0 aliphatic carbocycles. The van der Waals surface area contributed by atoms with E-state index in [0.717, 1.165) is 5.39 Å². The number of hydrogen-bond donors (Lipinski definition) is 2. The highest BCUT2D eigenvalue weighted by atomic mass is 35.5. The van der Waals surface area contributed by atoms with E-state index in [9.17, 15) is 9.59 Å². The molecule has 4 aromatic rings. The van der Waals surface area contributed by atoms with Gasteiger partial charge < -0.3 is 14.8 Å². The highest BCUT2D eigenvalue weighted by Gasteiger charge is 2.18. The van der Waals surface area contributed by atoms with Crippen molar-refractivity contribution in [2.45, 2.75) is 11.7 Å². The minimum atomic E-state index is -1.02. The van der Waals surface area contributed by atoms with Crippen molar-refractivity contribution in [3.8, 4) is 11.6 Å². The molecule has 32 heavy (non-hydrogen) atoms. The lowest BCUT2D eigenvalue weighted by atomic mass is 10.2. The summed E-state index contributed by atoms with van der Waals surface area (Å²) in [5.74, 6) is -0.142. The van der Waals surface area contributed by atoms with E-state index < -0.39 is 5.97 Å². The van der Waals surface area contributed by atoms with Crippen LogP contribution in [0.5, 0.6) is 0 Å². The molecular formula is C22H17ClN4O4S. The van der Waals surface area contributed by atoms with Gasteiger partial charge in [-0.05, 0) is 48.5 Å². The van der Waals surface area contributed by atoms with Gasteiger partial charge in [0.1, 0.15) is 5.58 Å². The number of rotatable bonds is 8. The number of halogens is 1. The van der Waals surface area contributed by atoms with Gasteiger partial charge >= 0.3 is 5.97 Å². The zero-order chi connectivity index (χ0) is 22.7. The first-order valence-corrected chi connectivity index (χ1v) is 10.8. The monoisotopic (exact) mass is 468 g/mol. The Kier molecular flexibility index (Phi) is 6.29. The maximum Gasteiger partial charge on any atom is 0.335 e. The number of aromatic carboxylic acids is 1. The Morgan fingerprint density at radius 3 is 2.69 bits per heavy atom. The SMILES string of the molecule is C=CCn1c(SCC(=O)Nc2ccc(C(=O)O)cc2)nnc1-c1cc2cc(Cl)ccc2o1. The molecule has 0 saturated heterocycles. The number of aromatic nitrogens is 3. The van der Waals surface area contributed by atoms with Crippen molar-refractivity contribution in [3.05, 3.63) is 71.8 Å². The minimum Gasteiger partial charge on any atom is -0.478 e. The predicted octanol–water partition coefficient (Wildman–Crippen LogP) is 4.96. The van der Waals surface area contributed by atoms with Crippen LogP contribution >= 0.6 is 23.4 Å². The average Bonchev–Trinajstić information content (AvgIpc) is 3.36. The summed E-state index contributed by atoms with van der Waals surface area (Å²) in [6.07, 6.45) is 1.71. The molecular weight excluding hydrogens is 452 g/mol. The van der Waals surface area contributed by atoms with Gasteiger partial charge in [-0.3, -0.25) is 9.36 Å². The highest BCUT2D eigenvalue weighted by Crippen LogP contribution is 2.30. The van der Waals surface area contributed by atoms with E-state index in [1.807, 2.05) is 10.6 Å². The van der Waals surface area contributed by atoms with Crippen molar-refractivity contribution in [3.63, 3.8) is 0 Å². The van der Waals surface area contributed by atoms with Crippen LogP contribution in [0.4, 0.5) is 5.69 Å². The summed E-state index contributed by atoms with van der Waals surface area (Å²) < 4.78 is 7.71. The van der Waals surface area contributed by atoms with Crippen LogP contribution in [0, 0.1) is 0 Å². The fourth-order valence-corrected chi connectivity index (χ4v) is 3.95. The number of anilines is 1. The topological polar surface area (TPSA) is 110 Å². The van der Waals surface area contributed by atoms with E-state index in [4.69, 9.17) is 21.1 Å². The molecule has 0 fully saturated rings. The number of carboxylic acid groups (broad SMARTS) is 1. The summed E-state index contributed by atoms with van der Waals surface area (Å²) in [7, 11) is 0. The number of hydrogen-bond acceptors (Lipinski definition) is 6. The number of carbonyl (C=O) groups excluding carboxylic acids is 1. The molecule has 4 rings (SSSR count). The van der Waals surface area contributed by atoms with Gasteiger partial charge in [-0.15, -0.1) is 16.8 Å². The van der Waals surface area contributed by atoms with Crippen molar-refractivity contribution in [1.82, 2.24) is 14.8 Å².